The highest BCUT2D eigenvalue weighted by Gasteiger charge is 2.20. The Morgan fingerprint density at radius 1 is 1.27 bits per heavy atom. The van der Waals surface area contributed by atoms with Crippen molar-refractivity contribution >= 4 is 29.2 Å². The van der Waals surface area contributed by atoms with E-state index in [1.54, 1.807) is 0 Å². The fourth-order valence-electron chi connectivity index (χ4n) is 1.77. The summed E-state index contributed by atoms with van der Waals surface area (Å²) in [5, 5.41) is 25.3. The van der Waals surface area contributed by atoms with Crippen LogP contribution in [0.15, 0.2) is 29.6 Å². The van der Waals surface area contributed by atoms with Crippen LogP contribution in [0, 0.1) is 20.2 Å². The number of nitrogens with two attached hydrogens (primary N) is 1. The number of nitro benzene ring substituents is 1. The molecule has 3 N–H and O–H groups in total. The third-order valence-electron chi connectivity index (χ3n) is 2.83. The summed E-state index contributed by atoms with van der Waals surface area (Å²) >= 11 is 0. The molecule has 0 atom stereocenters. The minimum Gasteiger partial charge on any atom is -0.434 e. The van der Waals surface area contributed by atoms with Gasteiger partial charge in [0.15, 0.2) is 0 Å². The van der Waals surface area contributed by atoms with Crippen molar-refractivity contribution in [2.75, 3.05) is 11.2 Å². The normalized spacial score (nSPS) is 10.9. The average Bonchev–Trinajstić information content (AvgIpc) is 2.55. The maximum absolute atomic E-state index is 12.4. The lowest BCUT2D eigenvalue weighted by molar-refractivity contribution is -0.384. The van der Waals surface area contributed by atoms with Crippen molar-refractivity contribution in [3.8, 4) is 5.75 Å². The Balaban J connectivity index is 2.33. The summed E-state index contributed by atoms with van der Waals surface area (Å²) in [7, 11) is 0. The lowest BCUT2D eigenvalue weighted by Crippen LogP contribution is -2.06. The number of aromatic nitrogens is 2. The molecule has 0 aliphatic rings. The van der Waals surface area contributed by atoms with E-state index in [0.29, 0.717) is 0 Å². The molecule has 0 fully saturated rings. The van der Waals surface area contributed by atoms with E-state index in [0.717, 1.165) is 30.7 Å². The van der Waals surface area contributed by atoms with Crippen molar-refractivity contribution in [2.24, 2.45) is 5.10 Å². The van der Waals surface area contributed by atoms with Gasteiger partial charge in [-0.3, -0.25) is 25.7 Å². The highest BCUT2D eigenvalue weighted by atomic mass is 19.3. The van der Waals surface area contributed by atoms with E-state index in [1.807, 2.05) is 0 Å². The highest BCUT2D eigenvalue weighted by Crippen LogP contribution is 2.27. The molecule has 136 valence electrons. The molecule has 0 saturated carbocycles. The molecule has 0 saturated heterocycles. The van der Waals surface area contributed by atoms with E-state index in [9.17, 15) is 29.0 Å². The van der Waals surface area contributed by atoms with Gasteiger partial charge < -0.3 is 10.5 Å². The van der Waals surface area contributed by atoms with E-state index in [4.69, 9.17) is 5.73 Å². The van der Waals surface area contributed by atoms with Gasteiger partial charge in [-0.05, 0) is 6.07 Å². The maximum Gasteiger partial charge on any atom is 0.387 e. The van der Waals surface area contributed by atoms with E-state index in [2.05, 4.69) is 25.2 Å². The van der Waals surface area contributed by atoms with Gasteiger partial charge in [0, 0.05) is 17.7 Å². The first-order valence-corrected chi connectivity index (χ1v) is 6.56. The Morgan fingerprint density at radius 2 is 2.00 bits per heavy atom. The molecule has 0 amide bonds. The smallest absolute Gasteiger partial charge is 0.387 e. The fourth-order valence-corrected chi connectivity index (χ4v) is 1.77. The number of nitro groups is 2. The summed E-state index contributed by atoms with van der Waals surface area (Å²) in [6.07, 6.45) is 1.84. The summed E-state index contributed by atoms with van der Waals surface area (Å²) in [4.78, 5) is 27.2. The molecule has 0 aliphatic heterocycles. The molecule has 0 bridgehead atoms. The number of nitrogens with one attached hydrogen (secondary N) is 1. The van der Waals surface area contributed by atoms with Gasteiger partial charge >= 0.3 is 12.3 Å². The number of hydrogen-bond donors (Lipinski definition) is 2. The number of non-ortho nitro benzene ring substituents is 1. The molecular formula is C12H9F2N7O5. The zero-order valence-electron chi connectivity index (χ0n) is 12.6. The quantitative estimate of drug-likeness (QED) is 0.420. The number of rotatable bonds is 7. The van der Waals surface area contributed by atoms with Crippen LogP contribution in [0.5, 0.6) is 5.75 Å². The fraction of sp³-hybridized carbons (Fsp3) is 0.0833. The minimum atomic E-state index is -3.17. The Hall–Kier alpha value is -3.97. The standard InChI is InChI=1S/C12H9F2N7O5/c13-12(14)26-8-2-1-7(20(22)23)3-6(8)4-18-19-11-9(21(24)25)10(15)16-5-17-11/h1-5,12H,(H3,15,16,17,19). The molecule has 1 aromatic carbocycles. The third-order valence-corrected chi connectivity index (χ3v) is 2.83. The number of nitrogens with zero attached hydrogens (tertiary/aromatic N) is 5. The number of halogens is 2. The lowest BCUT2D eigenvalue weighted by atomic mass is 10.2. The Labute approximate surface area is 142 Å². The van der Waals surface area contributed by atoms with Crippen LogP contribution in [-0.2, 0) is 0 Å². The van der Waals surface area contributed by atoms with Crippen molar-refractivity contribution < 1.29 is 23.4 Å². The second-order valence-electron chi connectivity index (χ2n) is 4.44. The molecule has 0 aliphatic carbocycles. The van der Waals surface area contributed by atoms with Crippen molar-refractivity contribution in [3.63, 3.8) is 0 Å². The van der Waals surface area contributed by atoms with E-state index >= 15 is 0 Å². The molecule has 2 aromatic rings. The maximum atomic E-state index is 12.4. The van der Waals surface area contributed by atoms with Gasteiger partial charge in [-0.2, -0.15) is 13.9 Å². The van der Waals surface area contributed by atoms with E-state index < -0.39 is 33.7 Å². The van der Waals surface area contributed by atoms with Gasteiger partial charge in [-0.15, -0.1) is 0 Å². The Kier molecular flexibility index (Phi) is 5.46. The number of alkyl halides is 2. The predicted molar refractivity (Wildman–Crippen MR) is 84.0 cm³/mol. The van der Waals surface area contributed by atoms with Crippen LogP contribution < -0.4 is 15.9 Å². The predicted octanol–water partition coefficient (Wildman–Crippen LogP) is 1.92. The number of anilines is 2. The molecule has 14 heteroatoms. The number of ether oxygens (including phenoxy) is 1. The first kappa shape index (κ1) is 18.4. The monoisotopic (exact) mass is 369 g/mol. The van der Waals surface area contributed by atoms with Crippen LogP contribution in [0.1, 0.15) is 5.56 Å². The summed E-state index contributed by atoms with van der Waals surface area (Å²) in [5.41, 5.74) is 6.36. The third kappa shape index (κ3) is 4.31. The van der Waals surface area contributed by atoms with Crippen LogP contribution in [0.25, 0.3) is 0 Å². The Morgan fingerprint density at radius 3 is 2.62 bits per heavy atom. The number of hydrazone groups is 1. The number of nitrogen functional groups attached to an aromatic ring is 1. The molecular weight excluding hydrogens is 360 g/mol. The van der Waals surface area contributed by atoms with Crippen LogP contribution in [-0.4, -0.2) is 32.6 Å². The highest BCUT2D eigenvalue weighted by molar-refractivity contribution is 5.85. The van der Waals surface area contributed by atoms with Crippen molar-refractivity contribution in [1.82, 2.24) is 9.97 Å². The van der Waals surface area contributed by atoms with E-state index in [-0.39, 0.29) is 17.1 Å². The van der Waals surface area contributed by atoms with Crippen LogP contribution >= 0.6 is 0 Å². The number of hydrogen-bond acceptors (Lipinski definition) is 10. The topological polar surface area (TPSA) is 172 Å². The molecule has 1 heterocycles. The van der Waals surface area contributed by atoms with Crippen molar-refractivity contribution in [2.45, 2.75) is 6.61 Å². The van der Waals surface area contributed by atoms with Gasteiger partial charge in [0.05, 0.1) is 16.1 Å². The molecule has 0 spiro atoms. The number of benzene rings is 1. The summed E-state index contributed by atoms with van der Waals surface area (Å²) in [6.45, 7) is -3.17. The van der Waals surface area contributed by atoms with Crippen LogP contribution in [0.2, 0.25) is 0 Å². The summed E-state index contributed by atoms with van der Waals surface area (Å²) in [6, 6.07) is 2.88. The Bertz CT molecular complexity index is 877. The molecule has 2 rings (SSSR count). The van der Waals surface area contributed by atoms with Gasteiger partial charge in [-0.25, -0.2) is 9.97 Å². The van der Waals surface area contributed by atoms with Crippen molar-refractivity contribution in [3.05, 3.63) is 50.3 Å². The lowest BCUT2D eigenvalue weighted by Gasteiger charge is -2.07. The zero-order valence-corrected chi connectivity index (χ0v) is 12.6. The van der Waals surface area contributed by atoms with Crippen LogP contribution in [0.3, 0.4) is 0 Å². The molecule has 26 heavy (non-hydrogen) atoms. The second-order valence-corrected chi connectivity index (χ2v) is 4.44. The first-order valence-electron chi connectivity index (χ1n) is 6.56. The molecule has 0 radical (unpaired) electrons. The van der Waals surface area contributed by atoms with Gasteiger partial charge in [0.2, 0.25) is 11.6 Å². The second kappa shape index (κ2) is 7.73. The van der Waals surface area contributed by atoms with Crippen molar-refractivity contribution in [1.29, 1.82) is 0 Å². The molecule has 12 nitrogen and oxygen atoms in total. The minimum absolute atomic E-state index is 0.170. The zero-order chi connectivity index (χ0) is 19.3. The SMILES string of the molecule is Nc1ncnc(NN=Cc2cc([N+](=O)[O-])ccc2OC(F)F)c1[N+](=O)[O-]. The average molecular weight is 369 g/mol. The van der Waals surface area contributed by atoms with Gasteiger partial charge in [0.25, 0.3) is 5.69 Å². The summed E-state index contributed by atoms with van der Waals surface area (Å²) < 4.78 is 29.1. The van der Waals surface area contributed by atoms with Gasteiger partial charge in [0.1, 0.15) is 12.1 Å². The summed E-state index contributed by atoms with van der Waals surface area (Å²) in [5.74, 6) is -1.16. The molecule has 0 unspecified atom stereocenters. The van der Waals surface area contributed by atoms with E-state index in [1.165, 1.54) is 0 Å². The van der Waals surface area contributed by atoms with Crippen LogP contribution in [0.4, 0.5) is 31.8 Å². The largest absolute Gasteiger partial charge is 0.434 e. The van der Waals surface area contributed by atoms with Gasteiger partial charge in [-0.1, -0.05) is 0 Å². The first-order chi connectivity index (χ1) is 12.3. The molecule has 1 aromatic heterocycles.